The van der Waals surface area contributed by atoms with Crippen LogP contribution < -0.4 is 74.8 Å². The number of aromatic hydroxyl groups is 1. The first-order valence-electron chi connectivity index (χ1n) is 27.8. The molecule has 1 aromatic heterocycles. The molecule has 31 nitrogen and oxygen atoms in total. The highest BCUT2D eigenvalue weighted by Gasteiger charge is 2.35. The van der Waals surface area contributed by atoms with E-state index in [0.29, 0.717) is 76.1 Å². The largest absolute Gasteiger partial charge is 0.493 e. The number of aliphatic hydroxyl groups excluding tert-OH is 2. The molecule has 10 atom stereocenters. The van der Waals surface area contributed by atoms with E-state index in [2.05, 4.69) is 104 Å². The highest BCUT2D eigenvalue weighted by Crippen LogP contribution is 2.35. The number of hydrazone groups is 1. The molecule has 448 valence electrons. The van der Waals surface area contributed by atoms with Crippen LogP contribution in [0.5, 0.6) is 5.88 Å². The molecule has 79 heavy (non-hydrogen) atoms. The average Bonchev–Trinajstić information content (AvgIpc) is 3.47. The van der Waals surface area contributed by atoms with Crippen molar-refractivity contribution < 1.29 is 60.7 Å². The molecule has 2 saturated heterocycles. The summed E-state index contributed by atoms with van der Waals surface area (Å²) in [5.74, 6) is -0.463. The van der Waals surface area contributed by atoms with E-state index in [1.165, 1.54) is 10.6 Å². The van der Waals surface area contributed by atoms with E-state index in [0.717, 1.165) is 37.7 Å². The van der Waals surface area contributed by atoms with Crippen molar-refractivity contribution in [3.05, 3.63) is 33.6 Å². The Balaban J connectivity index is 0.866. The number of aromatic nitrogens is 1. The van der Waals surface area contributed by atoms with Gasteiger partial charge in [0.25, 0.3) is 11.5 Å². The Labute approximate surface area is 459 Å². The number of nitrogens with zero attached hydrogens (tertiary/aromatic N) is 5. The van der Waals surface area contributed by atoms with Gasteiger partial charge in [0.1, 0.15) is 43.4 Å². The summed E-state index contributed by atoms with van der Waals surface area (Å²) in [6, 6.07) is 1.38. The van der Waals surface area contributed by atoms with Crippen molar-refractivity contribution in [1.82, 2.24) is 78.7 Å². The van der Waals surface area contributed by atoms with Gasteiger partial charge in [-0.05, 0) is 113 Å². The zero-order valence-corrected chi connectivity index (χ0v) is 45.3. The summed E-state index contributed by atoms with van der Waals surface area (Å²) in [4.78, 5) is 46.2. The van der Waals surface area contributed by atoms with E-state index in [-0.39, 0.29) is 143 Å². The van der Waals surface area contributed by atoms with Crippen LogP contribution in [0.1, 0.15) is 76.7 Å². The molecule has 3 aliphatic carbocycles. The minimum Gasteiger partial charge on any atom is -0.493 e. The van der Waals surface area contributed by atoms with Crippen molar-refractivity contribution in [2.45, 2.75) is 147 Å². The number of rotatable bonds is 30. The fourth-order valence-corrected chi connectivity index (χ4v) is 11.6. The van der Waals surface area contributed by atoms with Crippen LogP contribution in [0.15, 0.2) is 37.8 Å². The van der Waals surface area contributed by atoms with Crippen LogP contribution in [0.2, 0.25) is 0 Å². The molecule has 0 spiro atoms. The normalized spacial score (nSPS) is 32.5. The zero-order chi connectivity index (χ0) is 56.1. The summed E-state index contributed by atoms with van der Waals surface area (Å²) in [7, 11) is 0. The quantitative estimate of drug-likeness (QED) is 0.0212. The molecule has 5 fully saturated rings. The summed E-state index contributed by atoms with van der Waals surface area (Å²) >= 11 is 0. The van der Waals surface area contributed by atoms with Gasteiger partial charge in [-0.1, -0.05) is 6.08 Å². The highest BCUT2D eigenvalue weighted by molar-refractivity contribution is 6.45. The van der Waals surface area contributed by atoms with E-state index < -0.39 is 18.1 Å². The maximum atomic E-state index is 13.7. The number of carbonyl (C=O) groups is 1. The highest BCUT2D eigenvalue weighted by atomic mass is 17.1. The lowest BCUT2D eigenvalue weighted by atomic mass is 9.79. The van der Waals surface area contributed by atoms with Crippen LogP contribution in [0.3, 0.4) is 0 Å². The molecule has 3 aliphatic heterocycles. The third kappa shape index (κ3) is 19.4. The van der Waals surface area contributed by atoms with Gasteiger partial charge < -0.3 is 25.6 Å². The number of aryl methyl sites for hydroxylation is 1. The van der Waals surface area contributed by atoms with Gasteiger partial charge in [-0.25, -0.2) is 19.6 Å². The van der Waals surface area contributed by atoms with E-state index in [1.54, 1.807) is 11.8 Å². The van der Waals surface area contributed by atoms with Crippen molar-refractivity contribution in [3.63, 3.8) is 0 Å². The summed E-state index contributed by atoms with van der Waals surface area (Å²) in [5.41, 5.74) is 4.54. The minimum atomic E-state index is -0.451. The first-order chi connectivity index (χ1) is 38.4. The number of azo groups is 1. The molecule has 1 aromatic rings. The number of hydrogen-bond acceptors (Lipinski definition) is 29. The number of nitrogens with one attached hydrogen (secondary N) is 13. The SMILES string of the molecule is CC1=CCN(CCNC2NC(NCCO)NC(NC3CCC(NC4NC(NCCO)NC(NCCn5c(O)c(N=NC6CC(COO)CC(COO)C6)c(C)cc5=O)N4)CC3)N2)C(=O)/C1=N/NC1CC(COO)CC(COO)C1. The first kappa shape index (κ1) is 62.7. The number of carbonyl (C=O) groups excluding carboxylic acids is 1. The van der Waals surface area contributed by atoms with Crippen molar-refractivity contribution in [3.8, 4) is 5.88 Å². The van der Waals surface area contributed by atoms with Crippen molar-refractivity contribution in [2.24, 2.45) is 39.0 Å². The minimum absolute atomic E-state index is 0.0261. The van der Waals surface area contributed by atoms with Gasteiger partial charge >= 0.3 is 0 Å². The Morgan fingerprint density at radius 2 is 1.06 bits per heavy atom. The molecule has 10 unspecified atom stereocenters. The van der Waals surface area contributed by atoms with Crippen LogP contribution in [0, 0.1) is 30.6 Å². The van der Waals surface area contributed by atoms with E-state index in [9.17, 15) is 24.9 Å². The summed E-state index contributed by atoms with van der Waals surface area (Å²) in [6.07, 6.45) is 7.21. The predicted octanol–water partition coefficient (Wildman–Crippen LogP) is -2.69. The second-order valence-electron chi connectivity index (χ2n) is 21.6. The molecule has 6 aliphatic rings. The average molecular weight is 1130 g/mol. The number of hydrogen-bond donors (Lipinski definition) is 20. The second kappa shape index (κ2) is 32.7. The maximum absolute atomic E-state index is 13.7. The molecular weight excluding hydrogens is 1040 g/mol. The van der Waals surface area contributed by atoms with Crippen molar-refractivity contribution in [1.29, 1.82) is 0 Å². The molecule has 1 amide bonds. The number of pyridine rings is 1. The first-order valence-corrected chi connectivity index (χ1v) is 27.8. The Morgan fingerprint density at radius 3 is 1.54 bits per heavy atom. The monoisotopic (exact) mass is 1120 g/mol. The van der Waals surface area contributed by atoms with Gasteiger partial charge in [-0.2, -0.15) is 10.2 Å². The standard InChI is InChI=1S/C48H88N18O13/c1-28-7-12-65(41(70)39(28)63-61-36-20-30(24-76-72)18-31(21-36)25-77-73)13-8-49-43-55-45(51-10-15-67)59-47(57-43)53-34-3-5-35(6-4-34)54-48-58-44(56-46(60-48)52-11-16-68)50-9-14-66-38(69)17-29(2)40(42(66)71)64-62-37-22-32(26-78-74)19-33(23-37)27-79-75/h7,17,30-37,43-61,67-68,71-75H,3-6,8-16,18-27H2,1-2H3/b63-39+,64-62?. The lowest BCUT2D eigenvalue weighted by Crippen LogP contribution is -2.78. The third-order valence-corrected chi connectivity index (χ3v) is 15.5. The summed E-state index contributed by atoms with van der Waals surface area (Å²) < 4.78 is 1.24. The van der Waals surface area contributed by atoms with Crippen LogP contribution in [-0.2, 0) is 30.9 Å². The fraction of sp³-hybridized carbons (Fsp3) is 0.812. The molecule has 0 radical (unpaired) electrons. The van der Waals surface area contributed by atoms with Crippen LogP contribution >= 0.6 is 0 Å². The molecule has 0 aromatic carbocycles. The smallest absolute Gasteiger partial charge is 0.274 e. The molecule has 0 bridgehead atoms. The van der Waals surface area contributed by atoms with Crippen LogP contribution in [0.4, 0.5) is 5.69 Å². The molecule has 31 heteroatoms. The van der Waals surface area contributed by atoms with Crippen molar-refractivity contribution >= 4 is 17.3 Å². The lowest BCUT2D eigenvalue weighted by Gasteiger charge is -2.43. The van der Waals surface area contributed by atoms with Gasteiger partial charge in [0.2, 0.25) is 5.88 Å². The Bertz CT molecular complexity index is 2130. The fourth-order valence-electron chi connectivity index (χ4n) is 11.6. The molecule has 4 heterocycles. The number of aliphatic hydroxyl groups is 2. The van der Waals surface area contributed by atoms with Gasteiger partial charge in [-0.15, -0.1) is 5.11 Å². The van der Waals surface area contributed by atoms with Gasteiger partial charge in [-0.3, -0.25) is 99.0 Å². The molecular formula is C48H88N18O13. The topological polar surface area (TPSA) is 414 Å². The predicted molar refractivity (Wildman–Crippen MR) is 286 cm³/mol. The Hall–Kier alpha value is -3.85. The lowest BCUT2D eigenvalue weighted by molar-refractivity contribution is -0.263. The molecule has 7 rings (SSSR count). The van der Waals surface area contributed by atoms with Gasteiger partial charge in [0, 0.05) is 70.0 Å². The van der Waals surface area contributed by atoms with E-state index in [4.69, 9.17) is 21.0 Å². The summed E-state index contributed by atoms with van der Waals surface area (Å²) in [5, 5.41) is 122. The van der Waals surface area contributed by atoms with E-state index in [1.807, 2.05) is 13.0 Å². The van der Waals surface area contributed by atoms with E-state index >= 15 is 0 Å². The molecule has 20 N–H and O–H groups in total. The third-order valence-electron chi connectivity index (χ3n) is 15.5. The van der Waals surface area contributed by atoms with Gasteiger partial charge in [0.15, 0.2) is 5.71 Å². The van der Waals surface area contributed by atoms with Crippen molar-refractivity contribution in [2.75, 3.05) is 78.9 Å². The Kier molecular flexibility index (Phi) is 26.0. The van der Waals surface area contributed by atoms with Crippen LogP contribution in [-0.4, -0.2) is 198 Å². The Morgan fingerprint density at radius 1 is 0.608 bits per heavy atom. The zero-order valence-electron chi connectivity index (χ0n) is 45.3. The van der Waals surface area contributed by atoms with Gasteiger partial charge in [0.05, 0.1) is 45.7 Å². The summed E-state index contributed by atoms with van der Waals surface area (Å²) in [6.45, 7) is 6.39. The number of amides is 1. The van der Waals surface area contributed by atoms with Crippen LogP contribution in [0.25, 0.3) is 0 Å². The molecule has 3 saturated carbocycles. The maximum Gasteiger partial charge on any atom is 0.274 e. The second-order valence-corrected chi connectivity index (χ2v) is 21.6.